The third kappa shape index (κ3) is 2.89. The number of aromatic amines is 1. The molecule has 1 aromatic heterocycles. The maximum atomic E-state index is 12.4. The summed E-state index contributed by atoms with van der Waals surface area (Å²) < 4.78 is 5.68. The van der Waals surface area contributed by atoms with Crippen LogP contribution in [0.3, 0.4) is 0 Å². The van der Waals surface area contributed by atoms with Gasteiger partial charge in [-0.2, -0.15) is 0 Å². The van der Waals surface area contributed by atoms with Crippen molar-refractivity contribution in [2.45, 2.75) is 45.6 Å². The van der Waals surface area contributed by atoms with Gasteiger partial charge < -0.3 is 15.5 Å². The van der Waals surface area contributed by atoms with E-state index in [0.717, 1.165) is 36.6 Å². The van der Waals surface area contributed by atoms with Gasteiger partial charge in [0.15, 0.2) is 0 Å². The second kappa shape index (κ2) is 5.10. The summed E-state index contributed by atoms with van der Waals surface area (Å²) in [5.74, 6) is -0.240. The Morgan fingerprint density at radius 3 is 2.76 bits per heavy atom. The highest BCUT2D eigenvalue weighted by molar-refractivity contribution is 6.04. The third-order valence-electron chi connectivity index (χ3n) is 4.49. The largest absolute Gasteiger partial charge is 0.459 e. The van der Waals surface area contributed by atoms with Crippen LogP contribution in [0.1, 0.15) is 49.9 Å². The van der Waals surface area contributed by atoms with Crippen LogP contribution >= 0.6 is 0 Å². The first-order chi connectivity index (χ1) is 9.94. The number of H-pyrrole nitrogens is 1. The molecule has 0 spiro atoms. The Kier molecular flexibility index (Phi) is 3.40. The number of nitrogen functional groups attached to an aromatic ring is 1. The van der Waals surface area contributed by atoms with E-state index >= 15 is 0 Å². The molecule has 3 N–H and O–H groups in total. The molecule has 1 aliphatic rings. The van der Waals surface area contributed by atoms with E-state index in [4.69, 9.17) is 10.5 Å². The summed E-state index contributed by atoms with van der Waals surface area (Å²) in [4.78, 5) is 15.4. The maximum Gasteiger partial charge on any atom is 0.340 e. The number of anilines is 1. The number of rotatable bonds is 2. The van der Waals surface area contributed by atoms with Crippen LogP contribution in [0.5, 0.6) is 0 Å². The fourth-order valence-corrected chi connectivity index (χ4v) is 3.02. The summed E-state index contributed by atoms with van der Waals surface area (Å²) in [7, 11) is 0. The van der Waals surface area contributed by atoms with Gasteiger partial charge in [0.2, 0.25) is 0 Å². The molecule has 0 unspecified atom stereocenters. The quantitative estimate of drug-likeness (QED) is 0.650. The number of benzene rings is 1. The Labute approximate surface area is 124 Å². The van der Waals surface area contributed by atoms with Crippen LogP contribution < -0.4 is 5.73 Å². The van der Waals surface area contributed by atoms with E-state index in [1.165, 1.54) is 0 Å². The van der Waals surface area contributed by atoms with E-state index in [2.05, 4.69) is 18.8 Å². The standard InChI is InChI=1S/C17H22N2O2/c1-17(2)7-5-12(6-8-17)21-16(20)14-10-19-15-9-11(18)3-4-13(14)15/h3-4,9-10,12,19H,5-8,18H2,1-2H3. The number of carbonyl (C=O) groups is 1. The minimum absolute atomic E-state index is 0.0456. The molecule has 1 heterocycles. The van der Waals surface area contributed by atoms with Crippen molar-refractivity contribution in [3.05, 3.63) is 30.0 Å². The second-order valence-corrected chi connectivity index (χ2v) is 6.78. The predicted molar refractivity (Wildman–Crippen MR) is 84.2 cm³/mol. The molecule has 1 saturated carbocycles. The van der Waals surface area contributed by atoms with E-state index < -0.39 is 0 Å². The molecule has 0 amide bonds. The molecule has 2 aromatic rings. The Morgan fingerprint density at radius 1 is 1.33 bits per heavy atom. The highest BCUT2D eigenvalue weighted by atomic mass is 16.5. The molecule has 0 bridgehead atoms. The number of ether oxygens (including phenoxy) is 1. The van der Waals surface area contributed by atoms with E-state index in [1.54, 1.807) is 12.3 Å². The molecule has 1 aliphatic carbocycles. The van der Waals surface area contributed by atoms with Crippen LogP contribution in [0.15, 0.2) is 24.4 Å². The van der Waals surface area contributed by atoms with Crippen LogP contribution in [-0.4, -0.2) is 17.1 Å². The lowest BCUT2D eigenvalue weighted by Crippen LogP contribution is -2.28. The molecule has 0 atom stereocenters. The van der Waals surface area contributed by atoms with Gasteiger partial charge in [-0.05, 0) is 49.3 Å². The molecular formula is C17H22N2O2. The summed E-state index contributed by atoms with van der Waals surface area (Å²) >= 11 is 0. The molecule has 4 heteroatoms. The summed E-state index contributed by atoms with van der Waals surface area (Å²) in [6.45, 7) is 4.55. The van der Waals surface area contributed by atoms with E-state index in [1.807, 2.05) is 12.1 Å². The second-order valence-electron chi connectivity index (χ2n) is 6.78. The lowest BCUT2D eigenvalue weighted by atomic mass is 9.76. The van der Waals surface area contributed by atoms with Gasteiger partial charge in [-0.1, -0.05) is 13.8 Å². The minimum Gasteiger partial charge on any atom is -0.459 e. The number of hydrogen-bond donors (Lipinski definition) is 2. The molecule has 0 saturated heterocycles. The minimum atomic E-state index is -0.240. The highest BCUT2D eigenvalue weighted by Gasteiger charge is 2.29. The van der Waals surface area contributed by atoms with Crippen molar-refractivity contribution in [2.75, 3.05) is 5.73 Å². The van der Waals surface area contributed by atoms with E-state index in [0.29, 0.717) is 16.7 Å². The number of nitrogens with one attached hydrogen (secondary N) is 1. The summed E-state index contributed by atoms with van der Waals surface area (Å²) in [5, 5.41) is 0.866. The van der Waals surface area contributed by atoms with Crippen molar-refractivity contribution in [3.63, 3.8) is 0 Å². The number of aromatic nitrogens is 1. The number of fused-ring (bicyclic) bond motifs is 1. The third-order valence-corrected chi connectivity index (χ3v) is 4.49. The van der Waals surface area contributed by atoms with Gasteiger partial charge in [0.05, 0.1) is 5.56 Å². The molecule has 1 aromatic carbocycles. The van der Waals surface area contributed by atoms with E-state index in [-0.39, 0.29) is 12.1 Å². The van der Waals surface area contributed by atoms with Crippen LogP contribution in [-0.2, 0) is 4.74 Å². The molecule has 0 aliphatic heterocycles. The van der Waals surface area contributed by atoms with Crippen molar-refractivity contribution in [1.29, 1.82) is 0 Å². The van der Waals surface area contributed by atoms with Crippen molar-refractivity contribution in [1.82, 2.24) is 4.98 Å². The zero-order valence-corrected chi connectivity index (χ0v) is 12.6. The molecule has 0 radical (unpaired) electrons. The maximum absolute atomic E-state index is 12.4. The first-order valence-corrected chi connectivity index (χ1v) is 7.52. The Morgan fingerprint density at radius 2 is 2.05 bits per heavy atom. The zero-order valence-electron chi connectivity index (χ0n) is 12.6. The normalized spacial score (nSPS) is 18.8. The van der Waals surface area contributed by atoms with Crippen LogP contribution in [0.4, 0.5) is 5.69 Å². The molecule has 21 heavy (non-hydrogen) atoms. The molecule has 4 nitrogen and oxygen atoms in total. The lowest BCUT2D eigenvalue weighted by Gasteiger charge is -2.33. The predicted octanol–water partition coefficient (Wildman–Crippen LogP) is 3.88. The van der Waals surface area contributed by atoms with Crippen LogP contribution in [0.25, 0.3) is 10.9 Å². The summed E-state index contributed by atoms with van der Waals surface area (Å²) in [6.07, 6.45) is 5.87. The smallest absolute Gasteiger partial charge is 0.340 e. The SMILES string of the molecule is CC1(C)CCC(OC(=O)c2c[nH]c3cc(N)ccc23)CC1. The van der Waals surface area contributed by atoms with Gasteiger partial charge in [0.1, 0.15) is 6.10 Å². The Bertz CT molecular complexity index is 662. The van der Waals surface area contributed by atoms with Gasteiger partial charge in [-0.15, -0.1) is 0 Å². The first-order valence-electron chi connectivity index (χ1n) is 7.52. The Balaban J connectivity index is 1.73. The van der Waals surface area contributed by atoms with Crippen molar-refractivity contribution in [2.24, 2.45) is 5.41 Å². The monoisotopic (exact) mass is 286 g/mol. The number of carbonyl (C=O) groups excluding carboxylic acids is 1. The fourth-order valence-electron chi connectivity index (χ4n) is 3.02. The fraction of sp³-hybridized carbons (Fsp3) is 0.471. The topological polar surface area (TPSA) is 68.1 Å². The average molecular weight is 286 g/mol. The van der Waals surface area contributed by atoms with Crippen LogP contribution in [0, 0.1) is 5.41 Å². The number of nitrogens with two attached hydrogens (primary N) is 1. The average Bonchev–Trinajstić information content (AvgIpc) is 2.84. The van der Waals surface area contributed by atoms with Crippen molar-refractivity contribution in [3.8, 4) is 0 Å². The first kappa shape index (κ1) is 14.0. The van der Waals surface area contributed by atoms with Gasteiger partial charge in [-0.25, -0.2) is 4.79 Å². The van der Waals surface area contributed by atoms with Gasteiger partial charge >= 0.3 is 5.97 Å². The van der Waals surface area contributed by atoms with Crippen molar-refractivity contribution >= 4 is 22.6 Å². The summed E-state index contributed by atoms with van der Waals surface area (Å²) in [5.41, 5.74) is 8.26. The van der Waals surface area contributed by atoms with Crippen LogP contribution in [0.2, 0.25) is 0 Å². The van der Waals surface area contributed by atoms with Crippen molar-refractivity contribution < 1.29 is 9.53 Å². The molecule has 1 fully saturated rings. The van der Waals surface area contributed by atoms with Gasteiger partial charge in [-0.3, -0.25) is 0 Å². The zero-order chi connectivity index (χ0) is 15.0. The number of esters is 1. The Hall–Kier alpha value is -1.97. The highest BCUT2D eigenvalue weighted by Crippen LogP contribution is 2.36. The van der Waals surface area contributed by atoms with Gasteiger partial charge in [0.25, 0.3) is 0 Å². The summed E-state index contributed by atoms with van der Waals surface area (Å²) in [6, 6.07) is 5.49. The van der Waals surface area contributed by atoms with Gasteiger partial charge in [0, 0.05) is 22.8 Å². The molecular weight excluding hydrogens is 264 g/mol. The molecule has 112 valence electrons. The molecule has 3 rings (SSSR count). The number of hydrogen-bond acceptors (Lipinski definition) is 3. The van der Waals surface area contributed by atoms with E-state index in [9.17, 15) is 4.79 Å². The lowest BCUT2D eigenvalue weighted by molar-refractivity contribution is 0.00972.